The predicted octanol–water partition coefficient (Wildman–Crippen LogP) is 3.51. The van der Waals surface area contributed by atoms with E-state index in [1.54, 1.807) is 23.2 Å². The van der Waals surface area contributed by atoms with Gasteiger partial charge in [-0.05, 0) is 36.4 Å². The van der Waals surface area contributed by atoms with Crippen molar-refractivity contribution in [1.82, 2.24) is 14.2 Å². The van der Waals surface area contributed by atoms with Gasteiger partial charge in [0.2, 0.25) is 15.9 Å². The third-order valence-corrected chi connectivity index (χ3v) is 8.23. The lowest BCUT2D eigenvalue weighted by Crippen LogP contribution is -2.50. The van der Waals surface area contributed by atoms with E-state index < -0.39 is 10.0 Å². The molecule has 0 spiro atoms. The van der Waals surface area contributed by atoms with Gasteiger partial charge in [0.1, 0.15) is 0 Å². The number of pyridine rings is 1. The molecule has 0 atom stereocenters. The highest BCUT2D eigenvalue weighted by atomic mass is 35.5. The van der Waals surface area contributed by atoms with Crippen LogP contribution < -0.4 is 0 Å². The number of sulfonamides is 1. The van der Waals surface area contributed by atoms with Gasteiger partial charge in [0.25, 0.3) is 0 Å². The molecule has 3 aromatic rings. The van der Waals surface area contributed by atoms with Crippen LogP contribution in [0.25, 0.3) is 10.9 Å². The van der Waals surface area contributed by atoms with Crippen LogP contribution in [0.1, 0.15) is 0 Å². The van der Waals surface area contributed by atoms with Gasteiger partial charge in [-0.15, -0.1) is 11.8 Å². The fourth-order valence-corrected chi connectivity index (χ4v) is 5.85. The number of rotatable bonds is 5. The first-order valence-corrected chi connectivity index (χ1v) is 12.3. The summed E-state index contributed by atoms with van der Waals surface area (Å²) in [6.07, 6.45) is 1.75. The molecule has 2 aromatic carbocycles. The fourth-order valence-electron chi connectivity index (χ4n) is 3.36. The van der Waals surface area contributed by atoms with Gasteiger partial charge in [-0.25, -0.2) is 8.42 Å². The van der Waals surface area contributed by atoms with E-state index in [-0.39, 0.29) is 23.9 Å². The Labute approximate surface area is 184 Å². The minimum atomic E-state index is -3.58. The third kappa shape index (κ3) is 4.46. The van der Waals surface area contributed by atoms with Crippen LogP contribution in [0.3, 0.4) is 0 Å². The Hall–Kier alpha value is -2.13. The summed E-state index contributed by atoms with van der Waals surface area (Å²) in [4.78, 5) is 20.0. The lowest BCUT2D eigenvalue weighted by atomic mass is 10.2. The van der Waals surface area contributed by atoms with Crippen molar-refractivity contribution in [2.45, 2.75) is 9.79 Å². The van der Waals surface area contributed by atoms with E-state index in [1.807, 2.05) is 30.3 Å². The number of carbonyl (C=O) groups is 1. The number of amides is 1. The summed E-state index contributed by atoms with van der Waals surface area (Å²) >= 11 is 7.33. The Kier molecular flexibility index (Phi) is 6.29. The van der Waals surface area contributed by atoms with E-state index in [0.29, 0.717) is 23.9 Å². The molecule has 1 fully saturated rings. The molecule has 0 radical (unpaired) electrons. The first kappa shape index (κ1) is 21.1. The quantitative estimate of drug-likeness (QED) is 0.544. The van der Waals surface area contributed by atoms with E-state index in [9.17, 15) is 13.2 Å². The zero-order valence-electron chi connectivity index (χ0n) is 16.1. The first-order chi connectivity index (χ1) is 14.4. The second-order valence-electron chi connectivity index (χ2n) is 6.85. The predicted molar refractivity (Wildman–Crippen MR) is 119 cm³/mol. The van der Waals surface area contributed by atoms with Crippen molar-refractivity contribution in [3.8, 4) is 0 Å². The summed E-state index contributed by atoms with van der Waals surface area (Å²) in [7, 11) is -3.58. The molecule has 0 bridgehead atoms. The molecular formula is C21H20ClN3O3S2. The Bertz CT molecular complexity index is 1160. The molecule has 1 aromatic heterocycles. The minimum absolute atomic E-state index is 0.00411. The number of thioether (sulfide) groups is 1. The highest BCUT2D eigenvalue weighted by Gasteiger charge is 2.30. The molecule has 30 heavy (non-hydrogen) atoms. The standard InChI is InChI=1S/C21H20ClN3O3S2/c22-16-5-7-17(8-6-16)30(27,28)25-13-11-24(12-14-25)21(26)15-29-20-9-10-23-19-4-2-1-3-18(19)20/h1-10H,11-15H2. The Morgan fingerprint density at radius 3 is 2.43 bits per heavy atom. The average molecular weight is 462 g/mol. The summed E-state index contributed by atoms with van der Waals surface area (Å²) in [6.45, 7) is 1.31. The molecule has 0 saturated carbocycles. The van der Waals surface area contributed by atoms with Gasteiger partial charge in [0.05, 0.1) is 16.2 Å². The summed E-state index contributed by atoms with van der Waals surface area (Å²) < 4.78 is 27.0. The van der Waals surface area contributed by atoms with Crippen LogP contribution in [-0.4, -0.2) is 60.4 Å². The van der Waals surface area contributed by atoms with Crippen LogP contribution in [0.5, 0.6) is 0 Å². The smallest absolute Gasteiger partial charge is 0.243 e. The van der Waals surface area contributed by atoms with Gasteiger partial charge in [-0.2, -0.15) is 4.31 Å². The molecule has 4 rings (SSSR count). The van der Waals surface area contributed by atoms with E-state index in [0.717, 1.165) is 15.8 Å². The zero-order valence-corrected chi connectivity index (χ0v) is 18.5. The lowest BCUT2D eigenvalue weighted by Gasteiger charge is -2.34. The summed E-state index contributed by atoms with van der Waals surface area (Å²) in [5, 5.41) is 1.51. The molecule has 0 N–H and O–H groups in total. The summed E-state index contributed by atoms with van der Waals surface area (Å²) in [5.41, 5.74) is 0.899. The topological polar surface area (TPSA) is 70.6 Å². The minimum Gasteiger partial charge on any atom is -0.339 e. The van der Waals surface area contributed by atoms with Gasteiger partial charge in [0, 0.05) is 47.7 Å². The number of nitrogens with zero attached hydrogens (tertiary/aromatic N) is 3. The number of carbonyl (C=O) groups excluding carboxylic acids is 1. The Balaban J connectivity index is 1.36. The van der Waals surface area contributed by atoms with Crippen molar-refractivity contribution in [3.05, 3.63) is 65.8 Å². The number of hydrogen-bond acceptors (Lipinski definition) is 5. The maximum atomic E-state index is 12.8. The van der Waals surface area contributed by atoms with E-state index in [4.69, 9.17) is 11.6 Å². The van der Waals surface area contributed by atoms with Crippen molar-refractivity contribution in [1.29, 1.82) is 0 Å². The van der Waals surface area contributed by atoms with Gasteiger partial charge >= 0.3 is 0 Å². The number of halogens is 1. The van der Waals surface area contributed by atoms with Crippen LogP contribution in [0.4, 0.5) is 0 Å². The maximum Gasteiger partial charge on any atom is 0.243 e. The van der Waals surface area contributed by atoms with Crippen LogP contribution in [-0.2, 0) is 14.8 Å². The second kappa shape index (κ2) is 8.93. The Morgan fingerprint density at radius 2 is 1.70 bits per heavy atom. The SMILES string of the molecule is O=C(CSc1ccnc2ccccc12)N1CCN(S(=O)(=O)c2ccc(Cl)cc2)CC1. The number of hydrogen-bond donors (Lipinski definition) is 0. The van der Waals surface area contributed by atoms with E-state index >= 15 is 0 Å². The molecule has 1 amide bonds. The van der Waals surface area contributed by atoms with E-state index in [1.165, 1.54) is 28.2 Å². The molecule has 0 aliphatic carbocycles. The summed E-state index contributed by atoms with van der Waals surface area (Å²) in [6, 6.07) is 15.9. The number of aromatic nitrogens is 1. The fraction of sp³-hybridized carbons (Fsp3) is 0.238. The van der Waals surface area contributed by atoms with Crippen molar-refractivity contribution in [2.24, 2.45) is 0 Å². The van der Waals surface area contributed by atoms with Crippen molar-refractivity contribution in [2.75, 3.05) is 31.9 Å². The number of fused-ring (bicyclic) bond motifs is 1. The molecule has 156 valence electrons. The number of benzene rings is 2. The molecule has 2 heterocycles. The number of piperazine rings is 1. The molecule has 0 unspecified atom stereocenters. The van der Waals surface area contributed by atoms with E-state index in [2.05, 4.69) is 4.98 Å². The zero-order chi connectivity index (χ0) is 21.1. The van der Waals surface area contributed by atoms with Crippen LogP contribution in [0, 0.1) is 0 Å². The molecular weight excluding hydrogens is 442 g/mol. The van der Waals surface area contributed by atoms with Crippen LogP contribution in [0.2, 0.25) is 5.02 Å². The monoisotopic (exact) mass is 461 g/mol. The van der Waals surface area contributed by atoms with Crippen molar-refractivity contribution < 1.29 is 13.2 Å². The highest BCUT2D eigenvalue weighted by molar-refractivity contribution is 8.00. The Morgan fingerprint density at radius 1 is 1.00 bits per heavy atom. The van der Waals surface area contributed by atoms with Gasteiger partial charge in [-0.3, -0.25) is 9.78 Å². The summed E-state index contributed by atoms with van der Waals surface area (Å²) in [5.74, 6) is 0.308. The van der Waals surface area contributed by atoms with Crippen LogP contribution >= 0.6 is 23.4 Å². The van der Waals surface area contributed by atoms with Crippen molar-refractivity contribution in [3.63, 3.8) is 0 Å². The van der Waals surface area contributed by atoms with Gasteiger partial charge in [-0.1, -0.05) is 29.8 Å². The van der Waals surface area contributed by atoms with Gasteiger partial charge < -0.3 is 4.90 Å². The molecule has 9 heteroatoms. The van der Waals surface area contributed by atoms with Crippen molar-refractivity contribution >= 4 is 50.2 Å². The molecule has 1 saturated heterocycles. The normalized spacial score (nSPS) is 15.4. The van der Waals surface area contributed by atoms with Gasteiger partial charge in [0.15, 0.2) is 0 Å². The third-order valence-electron chi connectivity index (χ3n) is 5.00. The lowest BCUT2D eigenvalue weighted by molar-refractivity contribution is -0.129. The second-order valence-corrected chi connectivity index (χ2v) is 10.2. The maximum absolute atomic E-state index is 12.8. The first-order valence-electron chi connectivity index (χ1n) is 9.45. The largest absolute Gasteiger partial charge is 0.339 e. The molecule has 1 aliphatic rings. The number of para-hydroxylation sites is 1. The highest BCUT2D eigenvalue weighted by Crippen LogP contribution is 2.27. The molecule has 6 nitrogen and oxygen atoms in total. The average Bonchev–Trinajstić information content (AvgIpc) is 2.78. The van der Waals surface area contributed by atoms with Crippen LogP contribution in [0.15, 0.2) is 70.6 Å². The molecule has 1 aliphatic heterocycles.